The predicted molar refractivity (Wildman–Crippen MR) is 153 cm³/mol. The highest BCUT2D eigenvalue weighted by Gasteiger charge is 2.27. The van der Waals surface area contributed by atoms with Gasteiger partial charge in [0.05, 0.1) is 23.6 Å². The third-order valence-electron chi connectivity index (χ3n) is 7.78. The van der Waals surface area contributed by atoms with Crippen molar-refractivity contribution in [3.8, 4) is 11.1 Å². The number of ether oxygens (including phenoxy) is 1. The van der Waals surface area contributed by atoms with Crippen molar-refractivity contribution in [1.29, 1.82) is 0 Å². The second-order valence-electron chi connectivity index (χ2n) is 11.0. The van der Waals surface area contributed by atoms with Crippen molar-refractivity contribution >= 4 is 23.2 Å². The van der Waals surface area contributed by atoms with Gasteiger partial charge in [0.25, 0.3) is 12.3 Å². The molecule has 0 radical (unpaired) electrons. The monoisotopic (exact) mass is 586 g/mol. The molecule has 1 aromatic heterocycles. The highest BCUT2D eigenvalue weighted by molar-refractivity contribution is 6.07. The van der Waals surface area contributed by atoms with Crippen LogP contribution in [0.4, 0.5) is 34.9 Å². The number of hydrogen-bond acceptors (Lipinski definition) is 7. The van der Waals surface area contributed by atoms with Gasteiger partial charge in [-0.25, -0.2) is 27.5 Å². The van der Waals surface area contributed by atoms with Crippen molar-refractivity contribution in [3.63, 3.8) is 0 Å². The van der Waals surface area contributed by atoms with Gasteiger partial charge in [0.1, 0.15) is 11.6 Å². The summed E-state index contributed by atoms with van der Waals surface area (Å²) < 4.78 is 62.5. The smallest absolute Gasteiger partial charge is 0.264 e. The van der Waals surface area contributed by atoms with Crippen LogP contribution in [-0.4, -0.2) is 78.8 Å². The number of rotatable bonds is 6. The second kappa shape index (κ2) is 12.2. The first-order chi connectivity index (χ1) is 20.0. The van der Waals surface area contributed by atoms with E-state index in [0.29, 0.717) is 56.0 Å². The van der Waals surface area contributed by atoms with E-state index < -0.39 is 29.5 Å². The maximum atomic E-state index is 15.7. The van der Waals surface area contributed by atoms with Crippen molar-refractivity contribution in [2.75, 3.05) is 54.9 Å². The molecule has 5 rings (SSSR count). The number of likely N-dealkylation sites (N-methyl/N-ethyl adjacent to an activating group) is 1. The zero-order valence-corrected chi connectivity index (χ0v) is 24.0. The molecule has 2 fully saturated rings. The number of halogens is 4. The summed E-state index contributed by atoms with van der Waals surface area (Å²) in [5.41, 5.74) is 0.0859. The molecule has 42 heavy (non-hydrogen) atoms. The molecule has 2 aliphatic rings. The molecule has 224 valence electrons. The van der Waals surface area contributed by atoms with Gasteiger partial charge < -0.3 is 24.8 Å². The summed E-state index contributed by atoms with van der Waals surface area (Å²) in [6, 6.07) is 5.57. The van der Waals surface area contributed by atoms with Gasteiger partial charge >= 0.3 is 0 Å². The van der Waals surface area contributed by atoms with E-state index in [-0.39, 0.29) is 35.1 Å². The van der Waals surface area contributed by atoms with Gasteiger partial charge in [0.2, 0.25) is 5.95 Å². The van der Waals surface area contributed by atoms with E-state index in [4.69, 9.17) is 4.74 Å². The number of nitrogens with zero attached hydrogens (tertiary/aromatic N) is 5. The first-order valence-electron chi connectivity index (χ1n) is 13.9. The Hall–Kier alpha value is -3.77. The largest absolute Gasteiger partial charge is 0.372 e. The molecule has 0 bridgehead atoms. The summed E-state index contributed by atoms with van der Waals surface area (Å²) in [5, 5.41) is 2.70. The average molecular weight is 587 g/mol. The van der Waals surface area contributed by atoms with Crippen LogP contribution in [0.25, 0.3) is 11.1 Å². The van der Waals surface area contributed by atoms with Gasteiger partial charge in [-0.05, 0) is 58.2 Å². The molecule has 0 spiro atoms. The van der Waals surface area contributed by atoms with Crippen LogP contribution >= 0.6 is 0 Å². The van der Waals surface area contributed by atoms with Gasteiger partial charge in [-0.3, -0.25) is 4.79 Å². The molecule has 2 aromatic carbocycles. The third-order valence-corrected chi connectivity index (χ3v) is 7.78. The number of benzene rings is 2. The van der Waals surface area contributed by atoms with E-state index in [1.165, 1.54) is 24.5 Å². The van der Waals surface area contributed by atoms with E-state index in [1.54, 1.807) is 0 Å². The molecular formula is C30H34F4N6O2. The minimum absolute atomic E-state index is 0.0113. The van der Waals surface area contributed by atoms with Crippen molar-refractivity contribution in [2.45, 2.75) is 45.4 Å². The summed E-state index contributed by atoms with van der Waals surface area (Å²) >= 11 is 0. The molecule has 2 aliphatic heterocycles. The Labute approximate surface area is 242 Å². The van der Waals surface area contributed by atoms with Gasteiger partial charge in [-0.15, -0.1) is 0 Å². The number of hydrogen-bond donors (Lipinski definition) is 1. The quantitative estimate of drug-likeness (QED) is 0.390. The van der Waals surface area contributed by atoms with Crippen LogP contribution in [0.1, 0.15) is 43.1 Å². The lowest BCUT2D eigenvalue weighted by Crippen LogP contribution is -2.50. The number of morpholine rings is 1. The molecule has 1 N–H and O–H groups in total. The number of carbonyl (C=O) groups excluding carboxylic acids is 1. The van der Waals surface area contributed by atoms with E-state index >= 15 is 4.39 Å². The Kier molecular flexibility index (Phi) is 8.65. The first-order valence-corrected chi connectivity index (χ1v) is 13.9. The van der Waals surface area contributed by atoms with Crippen LogP contribution in [0, 0.1) is 11.6 Å². The minimum atomic E-state index is -3.06. The molecule has 3 aromatic rings. The number of carbonyl (C=O) groups is 1. The maximum Gasteiger partial charge on any atom is 0.264 e. The fourth-order valence-corrected chi connectivity index (χ4v) is 5.49. The van der Waals surface area contributed by atoms with E-state index in [2.05, 4.69) is 20.2 Å². The van der Waals surface area contributed by atoms with Gasteiger partial charge in [0, 0.05) is 73.4 Å². The third kappa shape index (κ3) is 6.34. The zero-order valence-electron chi connectivity index (χ0n) is 24.0. The van der Waals surface area contributed by atoms with Crippen LogP contribution in [0.5, 0.6) is 0 Å². The van der Waals surface area contributed by atoms with Crippen molar-refractivity contribution in [2.24, 2.45) is 0 Å². The fourth-order valence-electron chi connectivity index (χ4n) is 5.49. The van der Waals surface area contributed by atoms with E-state index in [1.807, 2.05) is 37.6 Å². The number of amides is 1. The van der Waals surface area contributed by atoms with Crippen LogP contribution < -0.4 is 15.1 Å². The summed E-state index contributed by atoms with van der Waals surface area (Å²) in [5.74, 6) is -1.78. The van der Waals surface area contributed by atoms with Gasteiger partial charge in [-0.2, -0.15) is 0 Å². The van der Waals surface area contributed by atoms with Gasteiger partial charge in [-0.1, -0.05) is 0 Å². The van der Waals surface area contributed by atoms with E-state index in [9.17, 15) is 18.0 Å². The Morgan fingerprint density at radius 2 is 1.67 bits per heavy atom. The lowest BCUT2D eigenvalue weighted by atomic mass is 10.0. The van der Waals surface area contributed by atoms with E-state index in [0.717, 1.165) is 12.1 Å². The second-order valence-corrected chi connectivity index (χ2v) is 11.0. The topological polar surface area (TPSA) is 73.8 Å². The number of anilines is 3. The summed E-state index contributed by atoms with van der Waals surface area (Å²) in [6.07, 6.45) is -0.00149. The molecule has 0 saturated carbocycles. The molecule has 3 heterocycles. The average Bonchev–Trinajstić information content (AvgIpc) is 2.94. The predicted octanol–water partition coefficient (Wildman–Crippen LogP) is 5.37. The van der Waals surface area contributed by atoms with Crippen molar-refractivity contribution in [3.05, 3.63) is 65.5 Å². The molecule has 2 saturated heterocycles. The zero-order chi connectivity index (χ0) is 30.1. The normalized spacial score (nSPS) is 21.6. The van der Waals surface area contributed by atoms with Crippen LogP contribution in [0.2, 0.25) is 0 Å². The Morgan fingerprint density at radius 3 is 2.31 bits per heavy atom. The molecule has 0 aliphatic carbocycles. The lowest BCUT2D eigenvalue weighted by molar-refractivity contribution is -0.00572. The van der Waals surface area contributed by atoms with Crippen LogP contribution in [0.3, 0.4) is 0 Å². The van der Waals surface area contributed by atoms with Crippen LogP contribution in [-0.2, 0) is 4.74 Å². The van der Waals surface area contributed by atoms with Crippen LogP contribution in [0.15, 0.2) is 42.7 Å². The van der Waals surface area contributed by atoms with Gasteiger partial charge in [0.15, 0.2) is 0 Å². The highest BCUT2D eigenvalue weighted by Crippen LogP contribution is 2.36. The molecule has 8 nitrogen and oxygen atoms in total. The fraction of sp³-hybridized carbons (Fsp3) is 0.433. The van der Waals surface area contributed by atoms with Crippen molar-refractivity contribution in [1.82, 2.24) is 14.9 Å². The molecule has 12 heteroatoms. The number of aromatic nitrogens is 2. The Morgan fingerprint density at radius 1 is 0.976 bits per heavy atom. The molecular weight excluding hydrogens is 552 g/mol. The van der Waals surface area contributed by atoms with Crippen molar-refractivity contribution < 1.29 is 27.1 Å². The standard InChI is InChI=1S/C30H34F4N6O2/c1-17-14-39(8-7-38(17)4)27-11-25(32)23(20-12-35-30(36-13-20)40-15-18(2)42-19(3)16-40)10-26(27)37-29(41)22-6-5-21(31)9-24(22)28(33)34/h5-6,9-13,17-19,28H,7-8,14-16H2,1-4H3,(H,37,41)/t17?,18-,19+. The summed E-state index contributed by atoms with van der Waals surface area (Å²) in [4.78, 5) is 28.3. The lowest BCUT2D eigenvalue weighted by Gasteiger charge is -2.39. The SMILES string of the molecule is CC1CN(c2cc(F)c(-c3cnc(N4C[C@@H](C)O[C@@H](C)C4)nc3)cc2NC(=O)c2ccc(F)cc2C(F)F)CCN1C. The number of alkyl halides is 2. The summed E-state index contributed by atoms with van der Waals surface area (Å²) in [7, 11) is 2.00. The number of nitrogens with one attached hydrogen (secondary N) is 1. The number of piperazine rings is 1. The molecule has 1 unspecified atom stereocenters. The Balaban J connectivity index is 1.50. The molecule has 1 amide bonds. The minimum Gasteiger partial charge on any atom is -0.372 e. The maximum absolute atomic E-state index is 15.7. The Bertz CT molecular complexity index is 1430. The molecule has 3 atom stereocenters. The first kappa shape index (κ1) is 29.7. The summed E-state index contributed by atoms with van der Waals surface area (Å²) in [6.45, 7) is 9.06. The highest BCUT2D eigenvalue weighted by atomic mass is 19.3.